The Kier molecular flexibility index (Phi) is 5.39. The number of hydrogen-bond acceptors (Lipinski definition) is 3. The lowest BCUT2D eigenvalue weighted by molar-refractivity contribution is -0.122. The molecule has 5 heteroatoms. The predicted molar refractivity (Wildman–Crippen MR) is 72.6 cm³/mol. The molecule has 1 aliphatic heterocycles. The molecule has 0 radical (unpaired) electrons. The molecule has 1 fully saturated rings. The zero-order valence-electron chi connectivity index (χ0n) is 11.5. The van der Waals surface area contributed by atoms with E-state index in [1.54, 1.807) is 12.5 Å². The number of amides is 1. The fourth-order valence-electron chi connectivity index (χ4n) is 2.54. The quantitative estimate of drug-likeness (QED) is 0.814. The summed E-state index contributed by atoms with van der Waals surface area (Å²) in [5.41, 5.74) is 0. The highest BCUT2D eigenvalue weighted by Crippen LogP contribution is 2.18. The van der Waals surface area contributed by atoms with Crippen molar-refractivity contribution in [2.75, 3.05) is 13.2 Å². The van der Waals surface area contributed by atoms with Gasteiger partial charge in [0.25, 0.3) is 0 Å². The number of rotatable bonds is 7. The third-order valence-electron chi connectivity index (χ3n) is 3.70. The zero-order chi connectivity index (χ0) is 13.5. The van der Waals surface area contributed by atoms with E-state index in [0.29, 0.717) is 12.3 Å². The van der Waals surface area contributed by atoms with E-state index in [1.807, 2.05) is 10.8 Å². The molecule has 5 nitrogen and oxygen atoms in total. The second-order valence-corrected chi connectivity index (χ2v) is 5.11. The number of nitrogens with one attached hydrogen (secondary N) is 1. The van der Waals surface area contributed by atoms with E-state index in [0.717, 1.165) is 39.0 Å². The molecule has 106 valence electrons. The van der Waals surface area contributed by atoms with Crippen LogP contribution in [0.4, 0.5) is 0 Å². The Labute approximate surface area is 114 Å². The lowest BCUT2D eigenvalue weighted by Gasteiger charge is -2.22. The van der Waals surface area contributed by atoms with Crippen molar-refractivity contribution in [1.82, 2.24) is 14.9 Å². The Hall–Kier alpha value is -1.36. The Morgan fingerprint density at radius 2 is 2.53 bits per heavy atom. The van der Waals surface area contributed by atoms with E-state index in [-0.39, 0.29) is 11.9 Å². The molecule has 1 aromatic rings. The molecule has 19 heavy (non-hydrogen) atoms. The molecule has 1 saturated heterocycles. The molecule has 1 aromatic heterocycles. The standard InChI is InChI=1S/C14H23N3O2/c1-2-13(12-5-9-19-10-12)16-14(18)4-3-7-17-8-6-15-11-17/h6,8,11-13H,2-5,7,9-10H2,1H3,(H,16,18)/t12-,13+/m1/s1. The number of aryl methyl sites for hydroxylation is 1. The summed E-state index contributed by atoms with van der Waals surface area (Å²) >= 11 is 0. The van der Waals surface area contributed by atoms with E-state index in [4.69, 9.17) is 4.74 Å². The second kappa shape index (κ2) is 7.28. The van der Waals surface area contributed by atoms with Gasteiger partial charge in [0.2, 0.25) is 5.91 Å². The first-order chi connectivity index (χ1) is 9.29. The van der Waals surface area contributed by atoms with Crippen molar-refractivity contribution in [3.8, 4) is 0 Å². The van der Waals surface area contributed by atoms with Crippen molar-refractivity contribution in [2.45, 2.75) is 45.2 Å². The van der Waals surface area contributed by atoms with Gasteiger partial charge in [0.05, 0.1) is 12.9 Å². The fraction of sp³-hybridized carbons (Fsp3) is 0.714. The third-order valence-corrected chi connectivity index (χ3v) is 3.70. The van der Waals surface area contributed by atoms with E-state index in [2.05, 4.69) is 17.2 Å². The number of carbonyl (C=O) groups excluding carboxylic acids is 1. The van der Waals surface area contributed by atoms with Crippen LogP contribution in [0.25, 0.3) is 0 Å². The van der Waals surface area contributed by atoms with Crippen molar-refractivity contribution in [1.29, 1.82) is 0 Å². The second-order valence-electron chi connectivity index (χ2n) is 5.11. The van der Waals surface area contributed by atoms with Crippen LogP contribution < -0.4 is 5.32 Å². The maximum atomic E-state index is 11.9. The van der Waals surface area contributed by atoms with Gasteiger partial charge in [-0.2, -0.15) is 0 Å². The van der Waals surface area contributed by atoms with Crippen molar-refractivity contribution < 1.29 is 9.53 Å². The van der Waals surface area contributed by atoms with Gasteiger partial charge in [-0.25, -0.2) is 4.98 Å². The highest BCUT2D eigenvalue weighted by Gasteiger charge is 2.25. The molecule has 2 atom stereocenters. The molecule has 0 spiro atoms. The molecule has 1 amide bonds. The van der Waals surface area contributed by atoms with Crippen LogP contribution in [0.15, 0.2) is 18.7 Å². The van der Waals surface area contributed by atoms with Crippen LogP contribution in [0.5, 0.6) is 0 Å². The Morgan fingerprint density at radius 1 is 1.63 bits per heavy atom. The van der Waals surface area contributed by atoms with Crippen LogP contribution in [0, 0.1) is 5.92 Å². The minimum Gasteiger partial charge on any atom is -0.381 e. The van der Waals surface area contributed by atoms with Gasteiger partial charge in [-0.3, -0.25) is 4.79 Å². The number of imidazole rings is 1. The van der Waals surface area contributed by atoms with Crippen LogP contribution in [0.1, 0.15) is 32.6 Å². The monoisotopic (exact) mass is 265 g/mol. The molecule has 2 heterocycles. The number of nitrogens with zero attached hydrogens (tertiary/aromatic N) is 2. The van der Waals surface area contributed by atoms with Gasteiger partial charge in [-0.1, -0.05) is 6.92 Å². The number of aromatic nitrogens is 2. The first kappa shape index (κ1) is 14.1. The predicted octanol–water partition coefficient (Wildman–Crippen LogP) is 1.59. The van der Waals surface area contributed by atoms with E-state index in [9.17, 15) is 4.79 Å². The topological polar surface area (TPSA) is 56.2 Å². The summed E-state index contributed by atoms with van der Waals surface area (Å²) < 4.78 is 7.39. The normalized spacial score (nSPS) is 20.4. The summed E-state index contributed by atoms with van der Waals surface area (Å²) in [6.07, 6.45) is 8.91. The first-order valence-corrected chi connectivity index (χ1v) is 7.12. The minimum atomic E-state index is 0.152. The summed E-state index contributed by atoms with van der Waals surface area (Å²) in [5, 5.41) is 3.14. The van der Waals surface area contributed by atoms with Crippen molar-refractivity contribution >= 4 is 5.91 Å². The van der Waals surface area contributed by atoms with Crippen LogP contribution in [-0.2, 0) is 16.1 Å². The maximum Gasteiger partial charge on any atom is 0.220 e. The van der Waals surface area contributed by atoms with Gasteiger partial charge < -0.3 is 14.6 Å². The average molecular weight is 265 g/mol. The van der Waals surface area contributed by atoms with Crippen molar-refractivity contribution in [3.63, 3.8) is 0 Å². The van der Waals surface area contributed by atoms with Crippen LogP contribution in [0.2, 0.25) is 0 Å². The van der Waals surface area contributed by atoms with Gasteiger partial charge in [0.1, 0.15) is 0 Å². The summed E-state index contributed by atoms with van der Waals surface area (Å²) in [4.78, 5) is 15.9. The summed E-state index contributed by atoms with van der Waals surface area (Å²) in [5.74, 6) is 0.640. The molecular weight excluding hydrogens is 242 g/mol. The minimum absolute atomic E-state index is 0.152. The molecule has 2 rings (SSSR count). The lowest BCUT2D eigenvalue weighted by atomic mass is 9.96. The molecule has 0 bridgehead atoms. The Bertz CT molecular complexity index is 372. The Morgan fingerprint density at radius 3 is 3.16 bits per heavy atom. The molecule has 0 aliphatic carbocycles. The van der Waals surface area contributed by atoms with Gasteiger partial charge in [-0.15, -0.1) is 0 Å². The summed E-state index contributed by atoms with van der Waals surface area (Å²) in [7, 11) is 0. The van der Waals surface area contributed by atoms with Gasteiger partial charge in [0, 0.05) is 43.9 Å². The van der Waals surface area contributed by atoms with E-state index in [1.165, 1.54) is 0 Å². The Balaban J connectivity index is 1.67. The van der Waals surface area contributed by atoms with Gasteiger partial charge >= 0.3 is 0 Å². The van der Waals surface area contributed by atoms with Crippen LogP contribution in [-0.4, -0.2) is 34.7 Å². The molecule has 1 aliphatic rings. The molecule has 0 unspecified atom stereocenters. The number of hydrogen-bond donors (Lipinski definition) is 1. The van der Waals surface area contributed by atoms with E-state index >= 15 is 0 Å². The summed E-state index contributed by atoms with van der Waals surface area (Å²) in [6, 6.07) is 0.267. The average Bonchev–Trinajstić information content (AvgIpc) is 3.08. The highest BCUT2D eigenvalue weighted by atomic mass is 16.5. The maximum absolute atomic E-state index is 11.9. The van der Waals surface area contributed by atoms with Crippen molar-refractivity contribution in [3.05, 3.63) is 18.7 Å². The van der Waals surface area contributed by atoms with Crippen LogP contribution >= 0.6 is 0 Å². The SMILES string of the molecule is CC[C@H](NC(=O)CCCn1ccnc1)[C@@H]1CCOC1. The summed E-state index contributed by atoms with van der Waals surface area (Å²) in [6.45, 7) is 4.58. The van der Waals surface area contributed by atoms with Gasteiger partial charge in [-0.05, 0) is 19.3 Å². The van der Waals surface area contributed by atoms with Crippen molar-refractivity contribution in [2.24, 2.45) is 5.92 Å². The molecule has 0 aromatic carbocycles. The lowest BCUT2D eigenvalue weighted by Crippen LogP contribution is -2.40. The highest BCUT2D eigenvalue weighted by molar-refractivity contribution is 5.76. The molecule has 0 saturated carbocycles. The number of carbonyl (C=O) groups is 1. The smallest absolute Gasteiger partial charge is 0.220 e. The third kappa shape index (κ3) is 4.35. The molecule has 1 N–H and O–H groups in total. The first-order valence-electron chi connectivity index (χ1n) is 7.12. The largest absolute Gasteiger partial charge is 0.381 e. The fourth-order valence-corrected chi connectivity index (χ4v) is 2.54. The van der Waals surface area contributed by atoms with Crippen LogP contribution in [0.3, 0.4) is 0 Å². The van der Waals surface area contributed by atoms with E-state index < -0.39 is 0 Å². The zero-order valence-corrected chi connectivity index (χ0v) is 11.5. The molecular formula is C14H23N3O2. The number of ether oxygens (including phenoxy) is 1. The van der Waals surface area contributed by atoms with Gasteiger partial charge in [0.15, 0.2) is 0 Å².